The van der Waals surface area contributed by atoms with Crippen LogP contribution in [0.5, 0.6) is 0 Å². The molecule has 0 aliphatic carbocycles. The van der Waals surface area contributed by atoms with Gasteiger partial charge in [-0.2, -0.15) is 0 Å². The number of rotatable bonds is 6. The summed E-state index contributed by atoms with van der Waals surface area (Å²) in [5, 5.41) is 16.1. The molecular formula is C22H34N4O5S. The fraction of sp³-hybridized carbons (Fsp3) is 0.727. The van der Waals surface area contributed by atoms with Crippen molar-refractivity contribution in [3.8, 4) is 0 Å². The quantitative estimate of drug-likeness (QED) is 0.497. The van der Waals surface area contributed by atoms with Gasteiger partial charge in [0.2, 0.25) is 17.7 Å². The number of nitrogens with one attached hydrogen (secondary N) is 2. The number of likely N-dealkylation sites (N-methyl/N-ethyl adjacent to an activating group) is 1. The summed E-state index contributed by atoms with van der Waals surface area (Å²) in [5.41, 5.74) is -0.533. The molecule has 0 saturated carbocycles. The van der Waals surface area contributed by atoms with Gasteiger partial charge < -0.3 is 25.5 Å². The molecule has 10 heteroatoms. The Hall–Kier alpha value is -2.07. The lowest BCUT2D eigenvalue weighted by Gasteiger charge is -2.48. The summed E-state index contributed by atoms with van der Waals surface area (Å²) in [6, 6.07) is -0.973. The van der Waals surface area contributed by atoms with Crippen molar-refractivity contribution in [2.45, 2.75) is 64.4 Å². The number of amides is 3. The van der Waals surface area contributed by atoms with Gasteiger partial charge in [0.25, 0.3) is 0 Å². The average molecular weight is 467 g/mol. The molecule has 6 atom stereocenters. The van der Waals surface area contributed by atoms with Crippen LogP contribution in [0.25, 0.3) is 0 Å². The van der Waals surface area contributed by atoms with Crippen molar-refractivity contribution in [1.29, 1.82) is 0 Å². The summed E-state index contributed by atoms with van der Waals surface area (Å²) in [5.74, 6) is -2.15. The maximum absolute atomic E-state index is 13.0. The van der Waals surface area contributed by atoms with E-state index < -0.39 is 23.3 Å². The molecule has 0 aromatic carbocycles. The number of carboxylic acids is 1. The first-order chi connectivity index (χ1) is 14.8. The van der Waals surface area contributed by atoms with Crippen molar-refractivity contribution >= 4 is 35.5 Å². The summed E-state index contributed by atoms with van der Waals surface area (Å²) in [6.45, 7) is 9.78. The number of carboxylic acid groups (broad SMARTS) is 1. The van der Waals surface area contributed by atoms with Crippen LogP contribution in [0.15, 0.2) is 10.6 Å². The van der Waals surface area contributed by atoms with E-state index in [0.29, 0.717) is 17.9 Å². The molecule has 3 heterocycles. The SMILES string of the molecule is C[C@@H](NC(=O)C(C)(C)C)[C@H]1C(=O)N2C(C(=O)O)=C(S[C@@H]3CN[C@H](C(=O)N(C)C)C3)[C@H](C)[C@H]12. The first-order valence-electron chi connectivity index (χ1n) is 11.0. The number of carbonyl (C=O) groups excluding carboxylic acids is 3. The molecule has 0 aromatic heterocycles. The molecule has 3 amide bonds. The minimum Gasteiger partial charge on any atom is -0.477 e. The molecule has 32 heavy (non-hydrogen) atoms. The van der Waals surface area contributed by atoms with Crippen molar-refractivity contribution in [3.63, 3.8) is 0 Å². The molecule has 0 radical (unpaired) electrons. The molecule has 0 spiro atoms. The second-order valence-corrected chi connectivity index (χ2v) is 11.6. The molecule has 3 N–H and O–H groups in total. The third-order valence-electron chi connectivity index (χ3n) is 6.49. The molecule has 0 aromatic rings. The standard InChI is InChI=1S/C22H34N4O5S/c1-10-15-14(11(2)24-21(31)22(3,4)5)19(28)26(15)16(20(29)30)17(10)32-12-8-13(23-9-12)18(27)25(6)7/h10-15,23H,8-9H2,1-7H3,(H,24,31)(H,29,30)/t10-,11-,12+,13+,14-,15-/m1/s1. The molecular weight excluding hydrogens is 432 g/mol. The molecule has 0 bridgehead atoms. The zero-order valence-electron chi connectivity index (χ0n) is 19.8. The third-order valence-corrected chi connectivity index (χ3v) is 8.00. The number of carbonyl (C=O) groups is 4. The van der Waals surface area contributed by atoms with Crippen LogP contribution in [0.3, 0.4) is 0 Å². The smallest absolute Gasteiger partial charge is 0.353 e. The van der Waals surface area contributed by atoms with Gasteiger partial charge in [-0.1, -0.05) is 27.7 Å². The Labute approximate surface area is 193 Å². The molecule has 9 nitrogen and oxygen atoms in total. The Kier molecular flexibility index (Phi) is 6.68. The Balaban J connectivity index is 1.75. The Morgan fingerprint density at radius 1 is 1.28 bits per heavy atom. The predicted molar refractivity (Wildman–Crippen MR) is 121 cm³/mol. The highest BCUT2D eigenvalue weighted by atomic mass is 32.2. The predicted octanol–water partition coefficient (Wildman–Crippen LogP) is 0.862. The van der Waals surface area contributed by atoms with E-state index in [2.05, 4.69) is 10.6 Å². The zero-order valence-corrected chi connectivity index (χ0v) is 20.6. The maximum atomic E-state index is 13.0. The lowest BCUT2D eigenvalue weighted by molar-refractivity contribution is -0.158. The third kappa shape index (κ3) is 4.26. The van der Waals surface area contributed by atoms with Gasteiger partial charge >= 0.3 is 5.97 Å². The fourth-order valence-corrected chi connectivity index (χ4v) is 6.16. The van der Waals surface area contributed by atoms with E-state index in [-0.39, 0.29) is 46.7 Å². The van der Waals surface area contributed by atoms with Gasteiger partial charge in [-0.3, -0.25) is 14.4 Å². The van der Waals surface area contributed by atoms with Gasteiger partial charge in [-0.25, -0.2) is 4.79 Å². The number of nitrogens with zero attached hydrogens (tertiary/aromatic N) is 2. The number of fused-ring (bicyclic) bond motifs is 1. The normalized spacial score (nSPS) is 30.7. The van der Waals surface area contributed by atoms with Crippen molar-refractivity contribution in [3.05, 3.63) is 10.6 Å². The Morgan fingerprint density at radius 3 is 2.44 bits per heavy atom. The van der Waals surface area contributed by atoms with E-state index in [9.17, 15) is 24.3 Å². The number of β-lactam (4-membered cyclic amide) rings is 1. The maximum Gasteiger partial charge on any atom is 0.353 e. The molecule has 2 saturated heterocycles. The van der Waals surface area contributed by atoms with Crippen molar-refractivity contribution in [1.82, 2.24) is 20.4 Å². The second kappa shape index (κ2) is 8.70. The fourth-order valence-electron chi connectivity index (χ4n) is 4.68. The van der Waals surface area contributed by atoms with Gasteiger partial charge in [-0.05, 0) is 13.3 Å². The summed E-state index contributed by atoms with van der Waals surface area (Å²) in [4.78, 5) is 53.4. The average Bonchev–Trinajstić information content (AvgIpc) is 3.22. The van der Waals surface area contributed by atoms with Crippen LogP contribution < -0.4 is 10.6 Å². The summed E-state index contributed by atoms with van der Waals surface area (Å²) in [7, 11) is 3.43. The Morgan fingerprint density at radius 2 is 1.91 bits per heavy atom. The number of thioether (sulfide) groups is 1. The van der Waals surface area contributed by atoms with E-state index in [1.165, 1.54) is 16.7 Å². The van der Waals surface area contributed by atoms with E-state index >= 15 is 0 Å². The van der Waals surface area contributed by atoms with Gasteiger partial charge in [0.1, 0.15) is 5.70 Å². The highest BCUT2D eigenvalue weighted by molar-refractivity contribution is 8.03. The van der Waals surface area contributed by atoms with Crippen LogP contribution in [0.2, 0.25) is 0 Å². The van der Waals surface area contributed by atoms with E-state index in [0.717, 1.165) is 0 Å². The van der Waals surface area contributed by atoms with Crippen LogP contribution in [-0.4, -0.2) is 82.6 Å². The summed E-state index contributed by atoms with van der Waals surface area (Å²) < 4.78 is 0. The Bertz CT molecular complexity index is 865. The number of aliphatic carboxylic acids is 1. The summed E-state index contributed by atoms with van der Waals surface area (Å²) in [6.07, 6.45) is 0.602. The van der Waals surface area contributed by atoms with Crippen LogP contribution in [0.4, 0.5) is 0 Å². The van der Waals surface area contributed by atoms with E-state index in [1.54, 1.807) is 25.9 Å². The zero-order chi connectivity index (χ0) is 24.1. The van der Waals surface area contributed by atoms with Crippen LogP contribution in [-0.2, 0) is 19.2 Å². The van der Waals surface area contributed by atoms with Crippen molar-refractivity contribution in [2.24, 2.45) is 17.3 Å². The monoisotopic (exact) mass is 466 g/mol. The van der Waals surface area contributed by atoms with Crippen LogP contribution >= 0.6 is 11.8 Å². The van der Waals surface area contributed by atoms with Gasteiger partial charge in [0.05, 0.1) is 18.0 Å². The summed E-state index contributed by atoms with van der Waals surface area (Å²) >= 11 is 1.46. The molecule has 178 valence electrons. The second-order valence-electron chi connectivity index (χ2n) is 10.2. The van der Waals surface area contributed by atoms with Crippen molar-refractivity contribution in [2.75, 3.05) is 20.6 Å². The van der Waals surface area contributed by atoms with E-state index in [4.69, 9.17) is 0 Å². The highest BCUT2D eigenvalue weighted by Gasteiger charge is 2.60. The van der Waals surface area contributed by atoms with E-state index in [1.807, 2.05) is 27.7 Å². The minimum absolute atomic E-state index is 0.00230. The van der Waals surface area contributed by atoms with Crippen LogP contribution in [0, 0.1) is 17.3 Å². The molecule has 2 fully saturated rings. The lowest BCUT2D eigenvalue weighted by Crippen LogP contribution is -2.66. The molecule has 3 aliphatic heterocycles. The van der Waals surface area contributed by atoms with Gasteiger partial charge in [0.15, 0.2) is 0 Å². The minimum atomic E-state index is -1.12. The lowest BCUT2D eigenvalue weighted by atomic mass is 9.77. The van der Waals surface area contributed by atoms with Crippen molar-refractivity contribution < 1.29 is 24.3 Å². The van der Waals surface area contributed by atoms with Crippen LogP contribution in [0.1, 0.15) is 41.0 Å². The number of hydrogen-bond donors (Lipinski definition) is 3. The van der Waals surface area contributed by atoms with Gasteiger partial charge in [-0.15, -0.1) is 11.8 Å². The first-order valence-corrected chi connectivity index (χ1v) is 11.9. The highest BCUT2D eigenvalue weighted by Crippen LogP contribution is 2.51. The molecule has 3 aliphatic rings. The first kappa shape index (κ1) is 24.6. The number of hydrogen-bond acceptors (Lipinski definition) is 6. The largest absolute Gasteiger partial charge is 0.477 e. The van der Waals surface area contributed by atoms with Gasteiger partial charge in [0, 0.05) is 48.2 Å². The molecule has 3 rings (SSSR count). The topological polar surface area (TPSA) is 119 Å². The molecule has 0 unspecified atom stereocenters.